The first kappa shape index (κ1) is 11.7. The van der Waals surface area contributed by atoms with E-state index < -0.39 is 5.91 Å². The summed E-state index contributed by atoms with van der Waals surface area (Å²) in [4.78, 5) is 26.8. The predicted molar refractivity (Wildman–Crippen MR) is 68.1 cm³/mol. The smallest absolute Gasteiger partial charge is 0.293 e. The second-order valence-electron chi connectivity index (χ2n) is 4.00. The molecular weight excluding hydrogens is 270 g/mol. The maximum atomic E-state index is 11.8. The van der Waals surface area contributed by atoms with E-state index in [2.05, 4.69) is 25.8 Å². The standard InChI is InChI=1S/C11H8ClN5O2/c12-6-3-7-5(2-9(18)15-7)1-8(6)16-11(19)10-13-4-14-17-10/h1,3-4H,2H2,(H,15,18)(H,16,19)(H,13,14,17). The van der Waals surface area contributed by atoms with Gasteiger partial charge >= 0.3 is 0 Å². The van der Waals surface area contributed by atoms with Gasteiger partial charge in [0, 0.05) is 5.69 Å². The van der Waals surface area contributed by atoms with Crippen LogP contribution in [0.4, 0.5) is 11.4 Å². The molecule has 7 nitrogen and oxygen atoms in total. The zero-order valence-electron chi connectivity index (χ0n) is 9.53. The Kier molecular flexibility index (Phi) is 2.68. The van der Waals surface area contributed by atoms with E-state index in [-0.39, 0.29) is 18.2 Å². The first-order chi connectivity index (χ1) is 9.13. The van der Waals surface area contributed by atoms with Crippen LogP contribution in [0, 0.1) is 0 Å². The second kappa shape index (κ2) is 4.36. The summed E-state index contributed by atoms with van der Waals surface area (Å²) in [6, 6.07) is 3.28. The number of amides is 2. The van der Waals surface area contributed by atoms with Crippen LogP contribution in [-0.2, 0) is 11.2 Å². The molecule has 0 fully saturated rings. The van der Waals surface area contributed by atoms with E-state index >= 15 is 0 Å². The number of nitrogens with one attached hydrogen (secondary N) is 3. The lowest BCUT2D eigenvalue weighted by Crippen LogP contribution is -2.14. The number of anilines is 2. The highest BCUT2D eigenvalue weighted by Gasteiger charge is 2.20. The molecule has 1 aliphatic rings. The Balaban J connectivity index is 1.88. The minimum absolute atomic E-state index is 0.0887. The van der Waals surface area contributed by atoms with Crippen LogP contribution in [0.2, 0.25) is 5.02 Å². The number of aromatic amines is 1. The van der Waals surface area contributed by atoms with Gasteiger partial charge in [-0.3, -0.25) is 14.7 Å². The Bertz CT molecular complexity index is 668. The van der Waals surface area contributed by atoms with Crippen molar-refractivity contribution >= 4 is 34.8 Å². The van der Waals surface area contributed by atoms with Gasteiger partial charge in [-0.05, 0) is 17.7 Å². The van der Waals surface area contributed by atoms with Crippen molar-refractivity contribution in [1.29, 1.82) is 0 Å². The van der Waals surface area contributed by atoms with Crippen LogP contribution in [0.15, 0.2) is 18.5 Å². The SMILES string of the molecule is O=C1Cc2cc(NC(=O)c3ncn[nH]3)c(Cl)cc2N1. The fraction of sp³-hybridized carbons (Fsp3) is 0.0909. The Morgan fingerprint density at radius 2 is 2.26 bits per heavy atom. The Morgan fingerprint density at radius 1 is 1.42 bits per heavy atom. The number of H-pyrrole nitrogens is 1. The lowest BCUT2D eigenvalue weighted by atomic mass is 10.1. The third kappa shape index (κ3) is 2.15. The highest BCUT2D eigenvalue weighted by Crippen LogP contribution is 2.32. The highest BCUT2D eigenvalue weighted by atomic mass is 35.5. The Hall–Kier alpha value is -2.41. The summed E-state index contributed by atoms with van der Waals surface area (Å²) in [6.07, 6.45) is 1.51. The van der Waals surface area contributed by atoms with Gasteiger partial charge in [0.15, 0.2) is 0 Å². The van der Waals surface area contributed by atoms with Crippen molar-refractivity contribution in [2.75, 3.05) is 10.6 Å². The van der Waals surface area contributed by atoms with Gasteiger partial charge in [0.1, 0.15) is 6.33 Å². The average Bonchev–Trinajstić information content (AvgIpc) is 2.97. The van der Waals surface area contributed by atoms with Crippen LogP contribution < -0.4 is 10.6 Å². The molecule has 19 heavy (non-hydrogen) atoms. The van der Waals surface area contributed by atoms with E-state index in [9.17, 15) is 9.59 Å². The van der Waals surface area contributed by atoms with E-state index in [1.54, 1.807) is 12.1 Å². The minimum Gasteiger partial charge on any atom is -0.325 e. The quantitative estimate of drug-likeness (QED) is 0.768. The molecule has 0 spiro atoms. The van der Waals surface area contributed by atoms with Gasteiger partial charge in [0.25, 0.3) is 5.91 Å². The summed E-state index contributed by atoms with van der Waals surface area (Å²) in [5.74, 6) is -0.452. The molecule has 0 aliphatic carbocycles. The molecule has 0 radical (unpaired) electrons. The van der Waals surface area contributed by atoms with Crippen molar-refractivity contribution in [3.05, 3.63) is 34.9 Å². The summed E-state index contributed by atoms with van der Waals surface area (Å²) >= 11 is 6.05. The molecule has 0 unspecified atom stereocenters. The number of carbonyl (C=O) groups is 2. The van der Waals surface area contributed by atoms with Crippen molar-refractivity contribution in [3.8, 4) is 0 Å². The van der Waals surface area contributed by atoms with Crippen molar-refractivity contribution in [2.45, 2.75) is 6.42 Å². The molecule has 2 aromatic rings. The van der Waals surface area contributed by atoms with Gasteiger partial charge in [0.2, 0.25) is 11.7 Å². The lowest BCUT2D eigenvalue weighted by Gasteiger charge is -2.08. The van der Waals surface area contributed by atoms with Gasteiger partial charge in [-0.15, -0.1) is 0 Å². The first-order valence-corrected chi connectivity index (χ1v) is 5.80. The van der Waals surface area contributed by atoms with Gasteiger partial charge < -0.3 is 10.6 Å². The summed E-state index contributed by atoms with van der Waals surface area (Å²) in [5.41, 5.74) is 1.90. The molecule has 1 aromatic carbocycles. The molecule has 0 bridgehead atoms. The normalized spacial score (nSPS) is 13.0. The van der Waals surface area contributed by atoms with Crippen LogP contribution in [0.1, 0.15) is 16.2 Å². The van der Waals surface area contributed by atoms with Crippen molar-refractivity contribution in [3.63, 3.8) is 0 Å². The third-order valence-electron chi connectivity index (χ3n) is 2.70. The fourth-order valence-electron chi connectivity index (χ4n) is 1.84. The van der Waals surface area contributed by atoms with Gasteiger partial charge in [-0.25, -0.2) is 4.98 Å². The molecule has 2 amide bonds. The van der Waals surface area contributed by atoms with E-state index in [0.29, 0.717) is 16.4 Å². The fourth-order valence-corrected chi connectivity index (χ4v) is 2.05. The topological polar surface area (TPSA) is 99.8 Å². The molecule has 8 heteroatoms. The lowest BCUT2D eigenvalue weighted by molar-refractivity contribution is -0.115. The number of benzene rings is 1. The molecule has 2 heterocycles. The van der Waals surface area contributed by atoms with E-state index in [1.165, 1.54) is 6.33 Å². The van der Waals surface area contributed by atoms with Crippen molar-refractivity contribution in [2.24, 2.45) is 0 Å². The number of rotatable bonds is 2. The summed E-state index contributed by atoms with van der Waals surface area (Å²) < 4.78 is 0. The van der Waals surface area contributed by atoms with Gasteiger partial charge in [-0.1, -0.05) is 11.6 Å². The van der Waals surface area contributed by atoms with E-state index in [4.69, 9.17) is 11.6 Å². The van der Waals surface area contributed by atoms with E-state index in [0.717, 1.165) is 5.56 Å². The third-order valence-corrected chi connectivity index (χ3v) is 3.01. The summed E-state index contributed by atoms with van der Waals surface area (Å²) in [6.45, 7) is 0. The molecule has 0 saturated carbocycles. The summed E-state index contributed by atoms with van der Waals surface area (Å²) in [5, 5.41) is 11.7. The van der Waals surface area contributed by atoms with Crippen molar-refractivity contribution < 1.29 is 9.59 Å². The number of carbonyl (C=O) groups excluding carboxylic acids is 2. The monoisotopic (exact) mass is 277 g/mol. The number of fused-ring (bicyclic) bond motifs is 1. The molecular formula is C11H8ClN5O2. The minimum atomic E-state index is -0.448. The Labute approximate surface area is 112 Å². The Morgan fingerprint density at radius 3 is 3.00 bits per heavy atom. The number of hydrogen-bond acceptors (Lipinski definition) is 4. The average molecular weight is 278 g/mol. The highest BCUT2D eigenvalue weighted by molar-refractivity contribution is 6.34. The zero-order valence-corrected chi connectivity index (χ0v) is 10.3. The number of nitrogens with zero attached hydrogens (tertiary/aromatic N) is 2. The number of halogens is 1. The molecule has 0 saturated heterocycles. The van der Waals surface area contributed by atoms with Crippen LogP contribution >= 0.6 is 11.6 Å². The van der Waals surface area contributed by atoms with Crippen LogP contribution in [0.5, 0.6) is 0 Å². The van der Waals surface area contributed by atoms with Crippen LogP contribution in [-0.4, -0.2) is 27.0 Å². The molecule has 3 N–H and O–H groups in total. The van der Waals surface area contributed by atoms with Crippen LogP contribution in [0.3, 0.4) is 0 Å². The number of hydrogen-bond donors (Lipinski definition) is 3. The maximum Gasteiger partial charge on any atom is 0.293 e. The molecule has 96 valence electrons. The van der Waals surface area contributed by atoms with Crippen LogP contribution in [0.25, 0.3) is 0 Å². The largest absolute Gasteiger partial charge is 0.325 e. The zero-order chi connectivity index (χ0) is 13.4. The molecule has 0 atom stereocenters. The molecule has 1 aliphatic heterocycles. The predicted octanol–water partition coefficient (Wildman–Crippen LogP) is 1.20. The van der Waals surface area contributed by atoms with Gasteiger partial charge in [-0.2, -0.15) is 5.10 Å². The second-order valence-corrected chi connectivity index (χ2v) is 4.41. The van der Waals surface area contributed by atoms with Crippen molar-refractivity contribution in [1.82, 2.24) is 15.2 Å². The maximum absolute atomic E-state index is 11.8. The van der Waals surface area contributed by atoms with Gasteiger partial charge in [0.05, 0.1) is 17.1 Å². The molecule has 3 rings (SSSR count). The van der Waals surface area contributed by atoms with E-state index in [1.807, 2.05) is 0 Å². The number of aromatic nitrogens is 3. The molecule has 1 aromatic heterocycles. The summed E-state index contributed by atoms with van der Waals surface area (Å²) in [7, 11) is 0. The first-order valence-electron chi connectivity index (χ1n) is 5.42.